The first kappa shape index (κ1) is 19.2. The van der Waals surface area contributed by atoms with Crippen LogP contribution >= 0.6 is 0 Å². The molecule has 2 aromatic heterocycles. The maximum Gasteiger partial charge on any atom is 0.357 e. The van der Waals surface area contributed by atoms with Crippen molar-refractivity contribution >= 4 is 29.6 Å². The minimum absolute atomic E-state index is 0.0469. The Morgan fingerprint density at radius 1 is 1.17 bits per heavy atom. The third-order valence-electron chi connectivity index (χ3n) is 4.46. The molecule has 0 N–H and O–H groups in total. The fourth-order valence-electron chi connectivity index (χ4n) is 3.02. The molecule has 1 saturated heterocycles. The van der Waals surface area contributed by atoms with E-state index >= 15 is 0 Å². The quantitative estimate of drug-likeness (QED) is 0.446. The summed E-state index contributed by atoms with van der Waals surface area (Å²) >= 11 is 0. The van der Waals surface area contributed by atoms with Crippen molar-refractivity contribution in [2.24, 2.45) is 0 Å². The van der Waals surface area contributed by atoms with Crippen molar-refractivity contribution in [1.29, 1.82) is 0 Å². The van der Waals surface area contributed by atoms with E-state index in [1.807, 2.05) is 18.2 Å². The molecule has 30 heavy (non-hydrogen) atoms. The van der Waals surface area contributed by atoms with Gasteiger partial charge in [0.25, 0.3) is 5.91 Å². The van der Waals surface area contributed by atoms with Gasteiger partial charge < -0.3 is 9.15 Å². The van der Waals surface area contributed by atoms with Gasteiger partial charge in [0.2, 0.25) is 5.91 Å². The number of hydrogen-bond acceptors (Lipinski definition) is 8. The molecule has 0 radical (unpaired) electrons. The van der Waals surface area contributed by atoms with E-state index in [0.717, 1.165) is 4.90 Å². The number of tetrazole rings is 1. The molecule has 10 heteroatoms. The van der Waals surface area contributed by atoms with Gasteiger partial charge >= 0.3 is 5.97 Å². The van der Waals surface area contributed by atoms with E-state index in [1.165, 1.54) is 17.0 Å². The summed E-state index contributed by atoms with van der Waals surface area (Å²) in [5.74, 6) is -0.989. The van der Waals surface area contributed by atoms with Crippen LogP contribution in [0.4, 0.5) is 0 Å². The minimum atomic E-state index is -0.837. The number of hydrogen-bond donors (Lipinski definition) is 0. The van der Waals surface area contributed by atoms with Crippen LogP contribution in [0.15, 0.2) is 53.1 Å². The van der Waals surface area contributed by atoms with Crippen LogP contribution in [0.5, 0.6) is 0 Å². The van der Waals surface area contributed by atoms with Gasteiger partial charge in [0.05, 0.1) is 6.26 Å². The molecule has 1 aliphatic heterocycles. The van der Waals surface area contributed by atoms with Gasteiger partial charge in [-0.05, 0) is 29.0 Å². The smallest absolute Gasteiger partial charge is 0.357 e. The molecule has 0 unspecified atom stereocenters. The average Bonchev–Trinajstić information content (AvgIpc) is 3.52. The highest BCUT2D eigenvalue weighted by Gasteiger charge is 2.28. The number of amides is 2. The highest BCUT2D eigenvalue weighted by Crippen LogP contribution is 2.21. The van der Waals surface area contributed by atoms with Crippen molar-refractivity contribution in [3.05, 3.63) is 54.5 Å². The lowest BCUT2D eigenvalue weighted by atomic mass is 10.2. The number of likely N-dealkylation sites (tertiary alicyclic amines) is 1. The molecule has 3 aromatic rings. The summed E-state index contributed by atoms with van der Waals surface area (Å²) in [5, 5.41) is 11.6. The van der Waals surface area contributed by atoms with Crippen LogP contribution in [0.25, 0.3) is 23.2 Å². The average molecular weight is 407 g/mol. The van der Waals surface area contributed by atoms with Crippen molar-refractivity contribution in [2.75, 3.05) is 13.2 Å². The van der Waals surface area contributed by atoms with Gasteiger partial charge in [-0.15, -0.1) is 5.10 Å². The maximum atomic E-state index is 12.8. The minimum Gasteiger partial charge on any atom is -0.465 e. The molecule has 0 aliphatic carbocycles. The molecule has 0 saturated carbocycles. The zero-order valence-electron chi connectivity index (χ0n) is 15.8. The molecule has 10 nitrogen and oxygen atoms in total. The first-order valence-electron chi connectivity index (χ1n) is 9.23. The maximum absolute atomic E-state index is 12.8. The summed E-state index contributed by atoms with van der Waals surface area (Å²) < 4.78 is 11.7. The Morgan fingerprint density at radius 3 is 2.70 bits per heavy atom. The van der Waals surface area contributed by atoms with E-state index < -0.39 is 18.5 Å². The Labute approximate surface area is 170 Å². The van der Waals surface area contributed by atoms with Gasteiger partial charge in [-0.1, -0.05) is 30.3 Å². The standard InChI is InChI=1S/C20H17N5O5/c26-17-9-4-10-24(17)18(27)13-30-20(28)16(12-15-8-5-11-29-15)25-19(21-22-23-25)14-6-2-1-3-7-14/h1-3,5-8,11-12H,4,9-10,13H2/b16-12-. The van der Waals surface area contributed by atoms with Gasteiger partial charge in [0.1, 0.15) is 5.76 Å². The Hall–Kier alpha value is -4.08. The lowest BCUT2D eigenvalue weighted by molar-refractivity contribution is -0.151. The van der Waals surface area contributed by atoms with E-state index in [1.54, 1.807) is 24.3 Å². The summed E-state index contributed by atoms with van der Waals surface area (Å²) in [6.45, 7) is -0.238. The SMILES string of the molecule is O=C(OCC(=O)N1CCCC1=O)/C(=C/c1ccco1)n1nnnc1-c1ccccc1. The van der Waals surface area contributed by atoms with Crippen LogP contribution in [0, 0.1) is 0 Å². The largest absolute Gasteiger partial charge is 0.465 e. The number of carbonyl (C=O) groups is 3. The Bertz CT molecular complexity index is 1090. The summed E-state index contributed by atoms with van der Waals surface area (Å²) in [4.78, 5) is 37.9. The van der Waals surface area contributed by atoms with Crippen LogP contribution in [0.2, 0.25) is 0 Å². The third-order valence-corrected chi connectivity index (χ3v) is 4.46. The number of nitrogens with zero attached hydrogens (tertiary/aromatic N) is 5. The van der Waals surface area contributed by atoms with E-state index in [-0.39, 0.29) is 11.6 Å². The van der Waals surface area contributed by atoms with Gasteiger partial charge in [-0.3, -0.25) is 14.5 Å². The zero-order chi connectivity index (χ0) is 20.9. The fourth-order valence-corrected chi connectivity index (χ4v) is 3.02. The van der Waals surface area contributed by atoms with Gasteiger partial charge in [0, 0.05) is 24.6 Å². The molecule has 152 valence electrons. The van der Waals surface area contributed by atoms with Crippen LogP contribution in [0.1, 0.15) is 18.6 Å². The second-order valence-electron chi connectivity index (χ2n) is 6.44. The molecule has 1 aromatic carbocycles. The molecular formula is C20H17N5O5. The highest BCUT2D eigenvalue weighted by molar-refractivity contribution is 6.16. The number of imide groups is 1. The van der Waals surface area contributed by atoms with Crippen molar-refractivity contribution in [1.82, 2.24) is 25.1 Å². The Morgan fingerprint density at radius 2 is 2.00 bits per heavy atom. The summed E-state index contributed by atoms with van der Waals surface area (Å²) in [6.07, 6.45) is 3.78. The Kier molecular flexibility index (Phi) is 5.46. The fraction of sp³-hybridized carbons (Fsp3) is 0.200. The number of benzene rings is 1. The van der Waals surface area contributed by atoms with Gasteiger partial charge in [0.15, 0.2) is 18.1 Å². The van der Waals surface area contributed by atoms with Crippen molar-refractivity contribution in [3.63, 3.8) is 0 Å². The predicted octanol–water partition coefficient (Wildman–Crippen LogP) is 1.62. The molecular weight excluding hydrogens is 390 g/mol. The number of ether oxygens (including phenoxy) is 1. The van der Waals surface area contributed by atoms with Crippen LogP contribution < -0.4 is 0 Å². The van der Waals surface area contributed by atoms with Crippen LogP contribution in [-0.2, 0) is 19.1 Å². The molecule has 3 heterocycles. The van der Waals surface area contributed by atoms with Gasteiger partial charge in [-0.2, -0.15) is 4.68 Å². The van der Waals surface area contributed by atoms with Gasteiger partial charge in [-0.25, -0.2) is 4.79 Å². The lowest BCUT2D eigenvalue weighted by Crippen LogP contribution is -2.35. The van der Waals surface area contributed by atoms with E-state index in [9.17, 15) is 14.4 Å². The number of furan rings is 1. The van der Waals surface area contributed by atoms with E-state index in [2.05, 4.69) is 15.5 Å². The molecule has 4 rings (SSSR count). The molecule has 0 bridgehead atoms. The Balaban J connectivity index is 1.60. The second kappa shape index (κ2) is 8.52. The lowest BCUT2D eigenvalue weighted by Gasteiger charge is -2.14. The number of esters is 1. The predicted molar refractivity (Wildman–Crippen MR) is 103 cm³/mol. The number of carbonyl (C=O) groups excluding carboxylic acids is 3. The highest BCUT2D eigenvalue weighted by atomic mass is 16.5. The summed E-state index contributed by atoms with van der Waals surface area (Å²) in [5.41, 5.74) is 0.633. The number of rotatable bonds is 6. The zero-order valence-corrected chi connectivity index (χ0v) is 15.8. The second-order valence-corrected chi connectivity index (χ2v) is 6.44. The topological polar surface area (TPSA) is 120 Å². The number of aromatic nitrogens is 4. The molecule has 1 fully saturated rings. The molecule has 2 amide bonds. The van der Waals surface area contributed by atoms with E-state index in [0.29, 0.717) is 36.5 Å². The third kappa shape index (κ3) is 4.02. The van der Waals surface area contributed by atoms with E-state index in [4.69, 9.17) is 9.15 Å². The normalized spacial score (nSPS) is 14.2. The van der Waals surface area contributed by atoms with Crippen LogP contribution in [-0.4, -0.2) is 56.0 Å². The van der Waals surface area contributed by atoms with Crippen molar-refractivity contribution in [3.8, 4) is 11.4 Å². The monoisotopic (exact) mass is 407 g/mol. The van der Waals surface area contributed by atoms with Crippen molar-refractivity contribution < 1.29 is 23.5 Å². The van der Waals surface area contributed by atoms with Crippen molar-refractivity contribution in [2.45, 2.75) is 12.8 Å². The van der Waals surface area contributed by atoms with Crippen LogP contribution in [0.3, 0.4) is 0 Å². The molecule has 1 aliphatic rings. The molecule has 0 spiro atoms. The first-order chi connectivity index (χ1) is 14.6. The summed E-state index contributed by atoms with van der Waals surface area (Å²) in [6, 6.07) is 12.4. The summed E-state index contributed by atoms with van der Waals surface area (Å²) in [7, 11) is 0. The molecule has 0 atom stereocenters. The first-order valence-corrected chi connectivity index (χ1v) is 9.23.